The van der Waals surface area contributed by atoms with Crippen molar-refractivity contribution < 1.29 is 9.53 Å². The van der Waals surface area contributed by atoms with E-state index in [0.717, 1.165) is 12.8 Å². The van der Waals surface area contributed by atoms with Gasteiger partial charge >= 0.3 is 0 Å². The highest BCUT2D eigenvalue weighted by molar-refractivity contribution is 8.18. The summed E-state index contributed by atoms with van der Waals surface area (Å²) in [7, 11) is -1.76. The summed E-state index contributed by atoms with van der Waals surface area (Å²) >= 11 is 4.07. The quantitative estimate of drug-likeness (QED) is 0.727. The lowest BCUT2D eigenvalue weighted by Gasteiger charge is -2.44. The largest absolute Gasteiger partial charge is 0.414 e. The molecule has 128 valence electrons. The molecule has 1 saturated heterocycles. The molecule has 22 heavy (non-hydrogen) atoms. The Kier molecular flexibility index (Phi) is 4.56. The van der Waals surface area contributed by atoms with Crippen LogP contribution >= 0.6 is 23.5 Å². The van der Waals surface area contributed by atoms with Gasteiger partial charge in [-0.3, -0.25) is 0 Å². The zero-order chi connectivity index (χ0) is 16.2. The van der Waals surface area contributed by atoms with E-state index < -0.39 is 13.9 Å². The number of aliphatic hydroxyl groups is 1. The molecule has 3 aliphatic rings. The average Bonchev–Trinajstić information content (AvgIpc) is 3.18. The summed E-state index contributed by atoms with van der Waals surface area (Å²) in [6, 6.07) is 0. The fraction of sp³-hybridized carbons (Fsp3) is 1.00. The van der Waals surface area contributed by atoms with E-state index in [4.69, 9.17) is 4.43 Å². The Morgan fingerprint density at radius 3 is 2.18 bits per heavy atom. The third kappa shape index (κ3) is 2.94. The third-order valence-corrected chi connectivity index (χ3v) is 14.4. The van der Waals surface area contributed by atoms with Gasteiger partial charge in [-0.05, 0) is 61.2 Å². The van der Waals surface area contributed by atoms with Crippen molar-refractivity contribution in [1.29, 1.82) is 0 Å². The van der Waals surface area contributed by atoms with Crippen molar-refractivity contribution in [3.63, 3.8) is 0 Å². The summed E-state index contributed by atoms with van der Waals surface area (Å²) in [5.74, 6) is 2.93. The van der Waals surface area contributed by atoms with Gasteiger partial charge in [0.15, 0.2) is 8.32 Å². The maximum absolute atomic E-state index is 11.6. The fourth-order valence-corrected chi connectivity index (χ4v) is 8.92. The van der Waals surface area contributed by atoms with Crippen LogP contribution in [0, 0.1) is 5.92 Å². The van der Waals surface area contributed by atoms with Gasteiger partial charge in [0.1, 0.15) is 0 Å². The molecule has 2 nitrogen and oxygen atoms in total. The van der Waals surface area contributed by atoms with Crippen molar-refractivity contribution in [3.05, 3.63) is 0 Å². The second-order valence-electron chi connectivity index (χ2n) is 8.91. The minimum absolute atomic E-state index is 0.0133. The van der Waals surface area contributed by atoms with E-state index in [1.807, 2.05) is 23.5 Å². The molecule has 0 aromatic rings. The smallest absolute Gasteiger partial charge is 0.192 e. The first-order valence-electron chi connectivity index (χ1n) is 8.78. The number of hydrogen-bond donors (Lipinski definition) is 1. The lowest BCUT2D eigenvalue weighted by atomic mass is 9.95. The summed E-state index contributed by atoms with van der Waals surface area (Å²) < 4.78 is 6.73. The molecule has 0 bridgehead atoms. The predicted octanol–water partition coefficient (Wildman–Crippen LogP) is 4.88. The highest BCUT2D eigenvalue weighted by Crippen LogP contribution is 2.65. The Bertz CT molecular complexity index is 425. The summed E-state index contributed by atoms with van der Waals surface area (Å²) in [6.07, 6.45) is 5.88. The average molecular weight is 361 g/mol. The highest BCUT2D eigenvalue weighted by atomic mass is 32.2. The van der Waals surface area contributed by atoms with Gasteiger partial charge in [0.2, 0.25) is 0 Å². The van der Waals surface area contributed by atoms with Gasteiger partial charge in [-0.2, -0.15) is 0 Å². The molecule has 0 aromatic heterocycles. The van der Waals surface area contributed by atoms with Crippen molar-refractivity contribution in [2.24, 2.45) is 5.92 Å². The van der Waals surface area contributed by atoms with E-state index in [1.165, 1.54) is 30.8 Å². The maximum Gasteiger partial charge on any atom is 0.192 e. The molecule has 1 spiro atoms. The Hall–Kier alpha value is 0.837. The number of thioether (sulfide) groups is 2. The molecule has 0 amide bonds. The normalized spacial score (nSPS) is 36.0. The first-order chi connectivity index (χ1) is 10.1. The van der Waals surface area contributed by atoms with Gasteiger partial charge in [-0.15, -0.1) is 23.5 Å². The van der Waals surface area contributed by atoms with E-state index in [9.17, 15) is 5.11 Å². The maximum atomic E-state index is 11.6. The first kappa shape index (κ1) is 17.7. The predicted molar refractivity (Wildman–Crippen MR) is 101 cm³/mol. The van der Waals surface area contributed by atoms with Crippen LogP contribution in [0.5, 0.6) is 0 Å². The molecule has 1 N–H and O–H groups in total. The molecule has 5 heteroatoms. The minimum atomic E-state index is -1.76. The topological polar surface area (TPSA) is 29.5 Å². The second kappa shape index (κ2) is 5.69. The number of hydrogen-bond acceptors (Lipinski definition) is 4. The van der Waals surface area contributed by atoms with Crippen LogP contribution in [0.4, 0.5) is 0 Å². The van der Waals surface area contributed by atoms with Crippen LogP contribution in [0.1, 0.15) is 52.9 Å². The van der Waals surface area contributed by atoms with Gasteiger partial charge in [0.05, 0.1) is 15.8 Å². The zero-order valence-corrected chi connectivity index (χ0v) is 17.4. The van der Waals surface area contributed by atoms with Crippen LogP contribution in [0.15, 0.2) is 0 Å². The summed E-state index contributed by atoms with van der Waals surface area (Å²) in [4.78, 5) is 0. The molecular formula is C17H32O2S2Si. The van der Waals surface area contributed by atoms with Gasteiger partial charge in [-0.25, -0.2) is 0 Å². The summed E-state index contributed by atoms with van der Waals surface area (Å²) in [6.45, 7) is 11.6. The van der Waals surface area contributed by atoms with Crippen molar-refractivity contribution >= 4 is 31.8 Å². The molecule has 1 heterocycles. The van der Waals surface area contributed by atoms with Crippen molar-refractivity contribution in [1.82, 2.24) is 0 Å². The van der Waals surface area contributed by atoms with E-state index in [0.29, 0.717) is 5.92 Å². The Labute approximate surface area is 145 Å². The molecule has 2 saturated carbocycles. The van der Waals surface area contributed by atoms with Crippen LogP contribution in [0.3, 0.4) is 0 Å². The molecular weight excluding hydrogens is 328 g/mol. The third-order valence-electron chi connectivity index (χ3n) is 6.17. The van der Waals surface area contributed by atoms with Crippen LogP contribution in [-0.2, 0) is 4.43 Å². The molecule has 3 fully saturated rings. The lowest BCUT2D eigenvalue weighted by Crippen LogP contribution is -2.48. The highest BCUT2D eigenvalue weighted by Gasteiger charge is 2.65. The van der Waals surface area contributed by atoms with E-state index >= 15 is 0 Å². The SMILES string of the molecule is CC(C)(C)[Si](C)(C)O[C@H]1CC2(SCCCS2)C(O)(C2CC2)C1. The summed E-state index contributed by atoms with van der Waals surface area (Å²) in [5.41, 5.74) is -0.490. The first-order valence-corrected chi connectivity index (χ1v) is 13.7. The van der Waals surface area contributed by atoms with Crippen LogP contribution in [0.25, 0.3) is 0 Å². The van der Waals surface area contributed by atoms with E-state index in [-0.39, 0.29) is 15.2 Å². The summed E-state index contributed by atoms with van der Waals surface area (Å²) in [5, 5.41) is 11.8. The van der Waals surface area contributed by atoms with Gasteiger partial charge in [0, 0.05) is 6.42 Å². The van der Waals surface area contributed by atoms with Crippen molar-refractivity contribution in [2.45, 2.75) is 86.8 Å². The Morgan fingerprint density at radius 2 is 1.68 bits per heavy atom. The van der Waals surface area contributed by atoms with Gasteiger partial charge in [-0.1, -0.05) is 20.8 Å². The Balaban J connectivity index is 1.79. The fourth-order valence-electron chi connectivity index (χ4n) is 3.71. The molecule has 0 aromatic carbocycles. The standard InChI is InChI=1S/C17H32O2S2Si/c1-15(2,3)22(4,5)19-14-11-16(18,13-7-8-13)17(12-14)20-9-6-10-21-17/h13-14,18H,6-12H2,1-5H3/t14-,16?/m1/s1. The molecule has 3 rings (SSSR count). The molecule has 2 aliphatic carbocycles. The van der Waals surface area contributed by atoms with Crippen LogP contribution < -0.4 is 0 Å². The lowest BCUT2D eigenvalue weighted by molar-refractivity contribution is 0.0102. The molecule has 1 unspecified atom stereocenters. The number of rotatable bonds is 3. The van der Waals surface area contributed by atoms with Crippen molar-refractivity contribution in [3.8, 4) is 0 Å². The monoisotopic (exact) mass is 360 g/mol. The van der Waals surface area contributed by atoms with E-state index in [2.05, 4.69) is 33.9 Å². The molecule has 0 radical (unpaired) electrons. The van der Waals surface area contributed by atoms with Crippen LogP contribution in [-0.4, -0.2) is 40.7 Å². The molecule has 2 atom stereocenters. The Morgan fingerprint density at radius 1 is 1.09 bits per heavy atom. The van der Waals surface area contributed by atoms with Gasteiger partial charge in [0.25, 0.3) is 0 Å². The van der Waals surface area contributed by atoms with Crippen molar-refractivity contribution in [2.75, 3.05) is 11.5 Å². The molecule has 1 aliphatic heterocycles. The van der Waals surface area contributed by atoms with E-state index in [1.54, 1.807) is 0 Å². The minimum Gasteiger partial charge on any atom is -0.414 e. The van der Waals surface area contributed by atoms with Crippen LogP contribution in [0.2, 0.25) is 18.1 Å². The zero-order valence-electron chi connectivity index (χ0n) is 14.8. The van der Waals surface area contributed by atoms with Gasteiger partial charge < -0.3 is 9.53 Å². The second-order valence-corrected chi connectivity index (χ2v) is 16.7.